The lowest BCUT2D eigenvalue weighted by molar-refractivity contribution is 0.102. The number of fused-ring (bicyclic) bond motifs is 1. The molecule has 0 aliphatic heterocycles. The van der Waals surface area contributed by atoms with Crippen LogP contribution in [0.3, 0.4) is 0 Å². The average Bonchev–Trinajstić information content (AvgIpc) is 2.47. The number of carbonyl (C=O) groups excluding carboxylic acids is 1. The summed E-state index contributed by atoms with van der Waals surface area (Å²) in [6, 6.07) is 15.2. The molecule has 0 saturated heterocycles. The molecule has 1 heterocycles. The van der Waals surface area contributed by atoms with Crippen molar-refractivity contribution in [1.82, 2.24) is 4.98 Å². The van der Waals surface area contributed by atoms with Crippen molar-refractivity contribution >= 4 is 61.0 Å². The molecule has 0 fully saturated rings. The molecule has 3 aromatic rings. The third-order valence-corrected chi connectivity index (χ3v) is 4.12. The van der Waals surface area contributed by atoms with E-state index in [1.54, 1.807) is 12.3 Å². The van der Waals surface area contributed by atoms with Crippen molar-refractivity contribution in [3.63, 3.8) is 0 Å². The Morgan fingerprint density at radius 3 is 2.76 bits per heavy atom. The molecule has 5 heteroatoms. The molecule has 0 unspecified atom stereocenters. The zero-order valence-corrected chi connectivity index (χ0v) is 14.6. The quantitative estimate of drug-likeness (QED) is 0.564. The Kier molecular flexibility index (Phi) is 4.21. The Labute approximate surface area is 144 Å². The number of halogens is 2. The van der Waals surface area contributed by atoms with Crippen LogP contribution in [0, 0.1) is 3.57 Å². The molecule has 3 rings (SSSR count). The van der Waals surface area contributed by atoms with Gasteiger partial charge in [0.05, 0.1) is 11.2 Å². The molecule has 2 aromatic carbocycles. The van der Waals surface area contributed by atoms with Gasteiger partial charge in [-0.15, -0.1) is 0 Å². The maximum absolute atomic E-state index is 12.3. The Bertz CT molecular complexity index is 835. The fourth-order valence-corrected chi connectivity index (χ4v) is 2.95. The maximum Gasteiger partial charge on any atom is 0.255 e. The minimum absolute atomic E-state index is 0.134. The van der Waals surface area contributed by atoms with Crippen LogP contribution in [0.25, 0.3) is 10.9 Å². The first-order valence-corrected chi connectivity index (χ1v) is 8.12. The number of nitrogens with zero attached hydrogens (tertiary/aromatic N) is 1. The molecule has 0 atom stereocenters. The predicted molar refractivity (Wildman–Crippen MR) is 96.6 cm³/mol. The van der Waals surface area contributed by atoms with E-state index >= 15 is 0 Å². The van der Waals surface area contributed by atoms with Gasteiger partial charge in [-0.3, -0.25) is 9.78 Å². The molecule has 0 spiro atoms. The van der Waals surface area contributed by atoms with Crippen LogP contribution in [0.15, 0.2) is 59.2 Å². The van der Waals surface area contributed by atoms with Gasteiger partial charge in [0, 0.05) is 25.2 Å². The van der Waals surface area contributed by atoms with Gasteiger partial charge in [0.1, 0.15) is 0 Å². The van der Waals surface area contributed by atoms with Gasteiger partial charge >= 0.3 is 0 Å². The number of carbonyl (C=O) groups is 1. The lowest BCUT2D eigenvalue weighted by Crippen LogP contribution is -2.12. The van der Waals surface area contributed by atoms with Crippen molar-refractivity contribution in [1.29, 1.82) is 0 Å². The van der Waals surface area contributed by atoms with Gasteiger partial charge in [0.25, 0.3) is 5.91 Å². The van der Waals surface area contributed by atoms with Crippen LogP contribution < -0.4 is 5.32 Å². The van der Waals surface area contributed by atoms with Crippen LogP contribution in [0.5, 0.6) is 0 Å². The van der Waals surface area contributed by atoms with Crippen LogP contribution in [0.4, 0.5) is 5.69 Å². The average molecular weight is 453 g/mol. The number of pyridine rings is 1. The zero-order valence-electron chi connectivity index (χ0n) is 10.8. The van der Waals surface area contributed by atoms with Crippen molar-refractivity contribution in [2.45, 2.75) is 0 Å². The number of amides is 1. The minimum Gasteiger partial charge on any atom is -0.320 e. The highest BCUT2D eigenvalue weighted by Crippen LogP contribution is 2.24. The third kappa shape index (κ3) is 3.24. The molecule has 3 nitrogen and oxygen atoms in total. The molecule has 0 radical (unpaired) electrons. The van der Waals surface area contributed by atoms with Gasteiger partial charge in [-0.1, -0.05) is 18.2 Å². The smallest absolute Gasteiger partial charge is 0.255 e. The van der Waals surface area contributed by atoms with Crippen molar-refractivity contribution < 1.29 is 4.79 Å². The summed E-state index contributed by atoms with van der Waals surface area (Å²) >= 11 is 5.59. The van der Waals surface area contributed by atoms with Gasteiger partial charge in [0.15, 0.2) is 0 Å². The van der Waals surface area contributed by atoms with E-state index < -0.39 is 0 Å². The first-order chi connectivity index (χ1) is 10.1. The maximum atomic E-state index is 12.3. The molecule has 0 saturated carbocycles. The van der Waals surface area contributed by atoms with Crippen LogP contribution in [-0.2, 0) is 0 Å². The second-order valence-corrected chi connectivity index (χ2v) is 6.66. The molecule has 0 aliphatic carbocycles. The number of benzene rings is 2. The van der Waals surface area contributed by atoms with Crippen molar-refractivity contribution in [3.05, 3.63) is 68.3 Å². The molecule has 0 bridgehead atoms. The minimum atomic E-state index is -0.134. The highest BCUT2D eigenvalue weighted by Gasteiger charge is 2.09. The van der Waals surface area contributed by atoms with E-state index in [-0.39, 0.29) is 5.91 Å². The van der Waals surface area contributed by atoms with E-state index in [2.05, 4.69) is 48.8 Å². The molecule has 104 valence electrons. The van der Waals surface area contributed by atoms with E-state index in [0.717, 1.165) is 18.9 Å². The van der Waals surface area contributed by atoms with E-state index in [1.807, 2.05) is 42.5 Å². The summed E-state index contributed by atoms with van der Waals surface area (Å²) in [5.41, 5.74) is 2.12. The summed E-state index contributed by atoms with van der Waals surface area (Å²) < 4.78 is 1.94. The topological polar surface area (TPSA) is 42.0 Å². The molecular formula is C16H10BrIN2O. The number of aromatic nitrogens is 1. The van der Waals surface area contributed by atoms with Gasteiger partial charge in [-0.05, 0) is 68.9 Å². The Morgan fingerprint density at radius 1 is 1.14 bits per heavy atom. The lowest BCUT2D eigenvalue weighted by Gasteiger charge is -2.08. The largest absolute Gasteiger partial charge is 0.320 e. The van der Waals surface area contributed by atoms with Crippen LogP contribution >= 0.6 is 38.5 Å². The highest BCUT2D eigenvalue weighted by molar-refractivity contribution is 14.1. The van der Waals surface area contributed by atoms with E-state index in [0.29, 0.717) is 11.3 Å². The summed E-state index contributed by atoms with van der Waals surface area (Å²) in [5.74, 6) is -0.134. The molecule has 1 N–H and O–H groups in total. The molecular weight excluding hydrogens is 443 g/mol. The number of rotatable bonds is 2. The number of anilines is 1. The summed E-state index contributed by atoms with van der Waals surface area (Å²) in [4.78, 5) is 16.7. The first-order valence-electron chi connectivity index (χ1n) is 6.25. The Morgan fingerprint density at radius 2 is 1.95 bits per heavy atom. The fourth-order valence-electron chi connectivity index (χ4n) is 2.06. The number of nitrogens with one attached hydrogen (secondary N) is 1. The van der Waals surface area contributed by atoms with E-state index in [4.69, 9.17) is 0 Å². The van der Waals surface area contributed by atoms with Gasteiger partial charge in [-0.25, -0.2) is 0 Å². The van der Waals surface area contributed by atoms with Crippen LogP contribution in [-0.4, -0.2) is 10.9 Å². The monoisotopic (exact) mass is 452 g/mol. The number of hydrogen-bond acceptors (Lipinski definition) is 2. The van der Waals surface area contributed by atoms with Crippen molar-refractivity contribution in [2.75, 3.05) is 5.32 Å². The second-order valence-electron chi connectivity index (χ2n) is 4.50. The van der Waals surface area contributed by atoms with Crippen LogP contribution in [0.1, 0.15) is 10.4 Å². The van der Waals surface area contributed by atoms with Gasteiger partial charge in [0.2, 0.25) is 0 Å². The Hall–Kier alpha value is -1.47. The summed E-state index contributed by atoms with van der Waals surface area (Å²) in [5, 5.41) is 3.90. The fraction of sp³-hybridized carbons (Fsp3) is 0. The summed E-state index contributed by atoms with van der Waals surface area (Å²) in [6.07, 6.45) is 1.73. The van der Waals surface area contributed by atoms with E-state index in [1.165, 1.54) is 0 Å². The summed E-state index contributed by atoms with van der Waals surface area (Å²) in [7, 11) is 0. The zero-order chi connectivity index (χ0) is 14.8. The third-order valence-electron chi connectivity index (χ3n) is 3.01. The second kappa shape index (κ2) is 6.11. The first kappa shape index (κ1) is 14.5. The highest BCUT2D eigenvalue weighted by atomic mass is 127. The van der Waals surface area contributed by atoms with Gasteiger partial charge in [-0.2, -0.15) is 0 Å². The number of para-hydroxylation sites is 1. The molecule has 1 aromatic heterocycles. The van der Waals surface area contributed by atoms with Gasteiger partial charge < -0.3 is 5.32 Å². The standard InChI is InChI=1S/C16H10BrIN2O/c17-12-7-10-3-2-6-14(15(10)19-9-12)20-16(21)11-4-1-5-13(18)8-11/h1-9H,(H,20,21). The molecule has 0 aliphatic rings. The SMILES string of the molecule is O=C(Nc1cccc2cc(Br)cnc12)c1cccc(I)c1. The predicted octanol–water partition coefficient (Wildman–Crippen LogP) is 4.85. The number of hydrogen-bond donors (Lipinski definition) is 1. The normalized spacial score (nSPS) is 10.6. The lowest BCUT2D eigenvalue weighted by atomic mass is 10.1. The molecule has 1 amide bonds. The van der Waals surface area contributed by atoms with Crippen molar-refractivity contribution in [3.8, 4) is 0 Å². The Balaban J connectivity index is 1.96. The van der Waals surface area contributed by atoms with Crippen molar-refractivity contribution in [2.24, 2.45) is 0 Å². The van der Waals surface area contributed by atoms with Crippen LogP contribution in [0.2, 0.25) is 0 Å². The molecule has 21 heavy (non-hydrogen) atoms. The summed E-state index contributed by atoms with van der Waals surface area (Å²) in [6.45, 7) is 0. The van der Waals surface area contributed by atoms with E-state index in [9.17, 15) is 4.79 Å².